The molecule has 0 radical (unpaired) electrons. The van der Waals surface area contributed by atoms with Gasteiger partial charge in [0.25, 0.3) is 8.32 Å². The molecule has 18 heavy (non-hydrogen) atoms. The number of para-hydroxylation sites is 1. The van der Waals surface area contributed by atoms with Crippen LogP contribution in [0.3, 0.4) is 0 Å². The smallest absolute Gasteiger partial charge is 0.330 e. The highest BCUT2D eigenvalue weighted by Gasteiger charge is 2.37. The van der Waals surface area contributed by atoms with Gasteiger partial charge in [-0.05, 0) is 31.6 Å². The maximum Gasteiger partial charge on any atom is 0.330 e. The number of hydrogen-bond donors (Lipinski definition) is 0. The van der Waals surface area contributed by atoms with E-state index in [1.165, 1.54) is 6.08 Å². The average Bonchev–Trinajstić information content (AvgIpc) is 2.36. The first-order chi connectivity index (χ1) is 8.49. The second kappa shape index (κ2) is 6.40. The van der Waals surface area contributed by atoms with Crippen molar-refractivity contribution in [3.05, 3.63) is 43.0 Å². The Morgan fingerprint density at radius 1 is 1.39 bits per heavy atom. The number of ether oxygens (including phenoxy) is 1. The zero-order valence-corrected chi connectivity index (χ0v) is 12.2. The molecule has 1 rings (SSSR count). The molecule has 0 bridgehead atoms. The summed E-state index contributed by atoms with van der Waals surface area (Å²) in [4.78, 5) is 11.3. The third-order valence-electron chi connectivity index (χ3n) is 2.70. The van der Waals surface area contributed by atoms with Crippen molar-refractivity contribution in [2.24, 2.45) is 0 Å². The van der Waals surface area contributed by atoms with Gasteiger partial charge in [0.15, 0.2) is 0 Å². The molecule has 0 saturated carbocycles. The second-order valence-electron chi connectivity index (χ2n) is 4.56. The van der Waals surface area contributed by atoms with E-state index < -0.39 is 8.32 Å². The molecule has 0 aliphatic carbocycles. The number of esters is 1. The van der Waals surface area contributed by atoms with Crippen molar-refractivity contribution in [1.82, 2.24) is 0 Å². The number of rotatable bonds is 6. The molecule has 1 atom stereocenters. The van der Waals surface area contributed by atoms with Crippen LogP contribution in [0.25, 0.3) is 0 Å². The second-order valence-corrected chi connectivity index (χ2v) is 8.61. The predicted octanol–water partition coefficient (Wildman–Crippen LogP) is 3.32. The van der Waals surface area contributed by atoms with Crippen molar-refractivity contribution in [2.45, 2.75) is 32.2 Å². The zero-order chi connectivity index (χ0) is 13.6. The van der Waals surface area contributed by atoms with E-state index in [1.54, 1.807) is 0 Å². The van der Waals surface area contributed by atoms with Crippen LogP contribution in [0.5, 0.6) is 5.75 Å². The van der Waals surface area contributed by atoms with E-state index >= 15 is 0 Å². The molecule has 0 N–H and O–H groups in total. The van der Waals surface area contributed by atoms with Gasteiger partial charge < -0.3 is 9.16 Å². The molecular weight excluding hydrogens is 244 g/mol. The van der Waals surface area contributed by atoms with Gasteiger partial charge in [0.2, 0.25) is 0 Å². The van der Waals surface area contributed by atoms with Crippen LogP contribution in [0.4, 0.5) is 0 Å². The lowest BCUT2D eigenvalue weighted by Gasteiger charge is -2.31. The van der Waals surface area contributed by atoms with Crippen LogP contribution in [0.2, 0.25) is 13.1 Å². The first kappa shape index (κ1) is 14.5. The molecule has 0 amide bonds. The molecule has 0 spiro atoms. The molecule has 98 valence electrons. The van der Waals surface area contributed by atoms with Crippen LogP contribution in [-0.4, -0.2) is 20.0 Å². The van der Waals surface area contributed by atoms with Gasteiger partial charge in [-0.25, -0.2) is 4.79 Å². The Hall–Kier alpha value is -1.55. The molecular formula is C14H20O3Si. The molecule has 1 aromatic carbocycles. The third kappa shape index (κ3) is 4.03. The SMILES string of the molecule is C=CC(=O)OC(CC)[Si](C)(C)Oc1ccccc1. The van der Waals surface area contributed by atoms with Crippen molar-refractivity contribution in [3.8, 4) is 5.75 Å². The Morgan fingerprint density at radius 3 is 2.50 bits per heavy atom. The standard InChI is InChI=1S/C14H20O3Si/c1-5-13(15)16-14(6-2)18(3,4)17-12-10-8-7-9-11-12/h5,7-11,14H,1,6H2,2-4H3. The van der Waals surface area contributed by atoms with E-state index in [1.807, 2.05) is 50.3 Å². The fraction of sp³-hybridized carbons (Fsp3) is 0.357. The summed E-state index contributed by atoms with van der Waals surface area (Å²) in [7, 11) is -2.14. The highest BCUT2D eigenvalue weighted by Crippen LogP contribution is 2.21. The average molecular weight is 264 g/mol. The van der Waals surface area contributed by atoms with Crippen molar-refractivity contribution in [1.29, 1.82) is 0 Å². The number of hydrogen-bond acceptors (Lipinski definition) is 3. The molecule has 1 aromatic rings. The van der Waals surface area contributed by atoms with E-state index in [-0.39, 0.29) is 11.7 Å². The van der Waals surface area contributed by atoms with Gasteiger partial charge in [-0.15, -0.1) is 0 Å². The fourth-order valence-electron chi connectivity index (χ4n) is 1.76. The van der Waals surface area contributed by atoms with Crippen molar-refractivity contribution >= 4 is 14.3 Å². The lowest BCUT2D eigenvalue weighted by Crippen LogP contribution is -2.49. The zero-order valence-electron chi connectivity index (χ0n) is 11.2. The summed E-state index contributed by atoms with van der Waals surface area (Å²) in [5.74, 6) is 0.432. The van der Waals surface area contributed by atoms with Gasteiger partial charge >= 0.3 is 5.97 Å². The third-order valence-corrected chi connectivity index (χ3v) is 5.53. The van der Waals surface area contributed by atoms with Gasteiger partial charge in [-0.3, -0.25) is 0 Å². The van der Waals surface area contributed by atoms with E-state index in [4.69, 9.17) is 9.16 Å². The number of carbonyl (C=O) groups excluding carboxylic acids is 1. The first-order valence-electron chi connectivity index (χ1n) is 6.06. The van der Waals surface area contributed by atoms with Crippen molar-refractivity contribution in [3.63, 3.8) is 0 Å². The fourth-order valence-corrected chi connectivity index (χ4v) is 4.02. The molecule has 0 fully saturated rings. The Morgan fingerprint density at radius 2 is 2.00 bits per heavy atom. The minimum atomic E-state index is -2.14. The van der Waals surface area contributed by atoms with Crippen LogP contribution >= 0.6 is 0 Å². The minimum absolute atomic E-state index is 0.178. The number of carbonyl (C=O) groups is 1. The molecule has 3 nitrogen and oxygen atoms in total. The van der Waals surface area contributed by atoms with E-state index in [0.29, 0.717) is 0 Å². The predicted molar refractivity (Wildman–Crippen MR) is 74.9 cm³/mol. The van der Waals surface area contributed by atoms with Gasteiger partial charge in [-0.2, -0.15) is 0 Å². The lowest BCUT2D eigenvalue weighted by molar-refractivity contribution is -0.140. The molecule has 0 aliphatic heterocycles. The van der Waals surface area contributed by atoms with Gasteiger partial charge in [0.1, 0.15) is 11.5 Å². The summed E-state index contributed by atoms with van der Waals surface area (Å²) >= 11 is 0. The van der Waals surface area contributed by atoms with Crippen LogP contribution in [0.15, 0.2) is 43.0 Å². The summed E-state index contributed by atoms with van der Waals surface area (Å²) in [6, 6.07) is 9.62. The normalized spacial score (nSPS) is 12.6. The highest BCUT2D eigenvalue weighted by molar-refractivity contribution is 6.73. The van der Waals surface area contributed by atoms with Crippen molar-refractivity contribution < 1.29 is 14.0 Å². The van der Waals surface area contributed by atoms with Crippen LogP contribution in [0, 0.1) is 0 Å². The summed E-state index contributed by atoms with van der Waals surface area (Å²) < 4.78 is 11.4. The summed E-state index contributed by atoms with van der Waals surface area (Å²) in [6.07, 6.45) is 1.93. The van der Waals surface area contributed by atoms with Crippen LogP contribution < -0.4 is 4.43 Å². The molecule has 4 heteroatoms. The monoisotopic (exact) mass is 264 g/mol. The van der Waals surface area contributed by atoms with E-state index in [9.17, 15) is 4.79 Å². The van der Waals surface area contributed by atoms with E-state index in [0.717, 1.165) is 12.2 Å². The maximum absolute atomic E-state index is 11.3. The largest absolute Gasteiger partial charge is 0.540 e. The quantitative estimate of drug-likeness (QED) is 0.449. The summed E-state index contributed by atoms with van der Waals surface area (Å²) in [5, 5.41) is 0. The Labute approximate surface area is 110 Å². The van der Waals surface area contributed by atoms with Gasteiger partial charge in [-0.1, -0.05) is 31.7 Å². The van der Waals surface area contributed by atoms with Crippen molar-refractivity contribution in [2.75, 3.05) is 0 Å². The molecule has 1 unspecified atom stereocenters. The highest BCUT2D eigenvalue weighted by atomic mass is 28.4. The summed E-state index contributed by atoms with van der Waals surface area (Å²) in [6.45, 7) is 9.50. The van der Waals surface area contributed by atoms with Gasteiger partial charge in [0.05, 0.1) is 0 Å². The molecule has 0 aliphatic rings. The van der Waals surface area contributed by atoms with Gasteiger partial charge in [0, 0.05) is 6.08 Å². The molecule has 0 saturated heterocycles. The molecule has 0 heterocycles. The molecule has 0 aromatic heterocycles. The van der Waals surface area contributed by atoms with E-state index in [2.05, 4.69) is 6.58 Å². The summed E-state index contributed by atoms with van der Waals surface area (Å²) in [5.41, 5.74) is -0.178. The lowest BCUT2D eigenvalue weighted by atomic mass is 10.3. The number of benzene rings is 1. The van der Waals surface area contributed by atoms with Crippen LogP contribution in [0.1, 0.15) is 13.3 Å². The Kier molecular flexibility index (Phi) is 5.16. The maximum atomic E-state index is 11.3. The Balaban J connectivity index is 2.76. The first-order valence-corrected chi connectivity index (χ1v) is 9.05. The van der Waals surface area contributed by atoms with Crippen LogP contribution in [-0.2, 0) is 9.53 Å². The minimum Gasteiger partial charge on any atom is -0.540 e. The Bertz CT molecular complexity index is 401. The topological polar surface area (TPSA) is 35.5 Å².